The van der Waals surface area contributed by atoms with Crippen LogP contribution >= 0.6 is 0 Å². The zero-order valence-electron chi connectivity index (χ0n) is 11.7. The van der Waals surface area contributed by atoms with Crippen LogP contribution < -0.4 is 9.47 Å². The van der Waals surface area contributed by atoms with Crippen molar-refractivity contribution in [2.75, 3.05) is 13.7 Å². The Balaban J connectivity index is 1.89. The Morgan fingerprint density at radius 1 is 1.24 bits per heavy atom. The van der Waals surface area contributed by atoms with Crippen molar-refractivity contribution < 1.29 is 19.4 Å². The van der Waals surface area contributed by atoms with Gasteiger partial charge < -0.3 is 14.6 Å². The summed E-state index contributed by atoms with van der Waals surface area (Å²) in [6.45, 7) is 0.162. The van der Waals surface area contributed by atoms with Gasteiger partial charge in [0.15, 0.2) is 5.78 Å². The van der Waals surface area contributed by atoms with Gasteiger partial charge in [0.25, 0.3) is 0 Å². The van der Waals surface area contributed by atoms with Crippen molar-refractivity contribution in [2.45, 2.75) is 6.10 Å². The topological polar surface area (TPSA) is 55.8 Å². The van der Waals surface area contributed by atoms with Gasteiger partial charge in [-0.25, -0.2) is 0 Å². The number of benzene rings is 2. The average molecular weight is 284 g/mol. The molecule has 0 radical (unpaired) electrons. The maximum atomic E-state index is 12.5. The number of aliphatic hydroxyl groups excluding tert-OH is 1. The van der Waals surface area contributed by atoms with Gasteiger partial charge in [-0.15, -0.1) is 0 Å². The summed E-state index contributed by atoms with van der Waals surface area (Å²) in [7, 11) is 1.57. The Kier molecular flexibility index (Phi) is 3.62. The number of fused-ring (bicyclic) bond motifs is 1. The van der Waals surface area contributed by atoms with E-state index in [2.05, 4.69) is 0 Å². The van der Waals surface area contributed by atoms with E-state index in [1.54, 1.807) is 37.4 Å². The van der Waals surface area contributed by atoms with Gasteiger partial charge in [0.05, 0.1) is 19.1 Å². The molecular weight excluding hydrogens is 268 g/mol. The molecule has 0 aromatic heterocycles. The molecule has 1 aliphatic rings. The lowest BCUT2D eigenvalue weighted by atomic mass is 9.87. The number of ketones is 1. The van der Waals surface area contributed by atoms with E-state index in [-0.39, 0.29) is 12.4 Å². The molecule has 108 valence electrons. The predicted molar refractivity (Wildman–Crippen MR) is 77.7 cm³/mol. The van der Waals surface area contributed by atoms with Gasteiger partial charge in [-0.3, -0.25) is 4.79 Å². The molecule has 4 nitrogen and oxygen atoms in total. The highest BCUT2D eigenvalue weighted by molar-refractivity contribution is 5.98. The molecule has 1 aliphatic heterocycles. The first-order valence-electron chi connectivity index (χ1n) is 6.79. The number of ether oxygens (including phenoxy) is 2. The molecule has 3 rings (SSSR count). The van der Waals surface area contributed by atoms with Gasteiger partial charge in [-0.2, -0.15) is 0 Å². The maximum Gasteiger partial charge on any atom is 0.172 e. The first kappa shape index (κ1) is 13.6. The van der Waals surface area contributed by atoms with E-state index in [1.165, 1.54) is 0 Å². The van der Waals surface area contributed by atoms with Gasteiger partial charge in [0.1, 0.15) is 18.1 Å². The highest BCUT2D eigenvalue weighted by Crippen LogP contribution is 2.38. The highest BCUT2D eigenvalue weighted by atomic mass is 16.5. The largest absolute Gasteiger partial charge is 0.497 e. The summed E-state index contributed by atoms with van der Waals surface area (Å²) in [4.78, 5) is 12.5. The van der Waals surface area contributed by atoms with Crippen LogP contribution in [0.3, 0.4) is 0 Å². The Morgan fingerprint density at radius 2 is 2.00 bits per heavy atom. The molecule has 1 heterocycles. The van der Waals surface area contributed by atoms with Crippen molar-refractivity contribution in [1.29, 1.82) is 0 Å². The lowest BCUT2D eigenvalue weighted by Gasteiger charge is -2.29. The Hall–Kier alpha value is -2.33. The summed E-state index contributed by atoms with van der Waals surface area (Å²) in [5.41, 5.74) is 1.21. The first-order chi connectivity index (χ1) is 10.2. The third kappa shape index (κ3) is 2.50. The van der Waals surface area contributed by atoms with Crippen LogP contribution in [-0.2, 0) is 0 Å². The monoisotopic (exact) mass is 284 g/mol. The number of Topliss-reactive ketones (excluding diaryl/α,β-unsaturated/α-hetero) is 1. The fourth-order valence-electron chi connectivity index (χ4n) is 2.53. The van der Waals surface area contributed by atoms with Gasteiger partial charge in [-0.1, -0.05) is 30.3 Å². The standard InChI is InChI=1S/C17H16O4/c1-20-12-7-8-13-15(9-12)21-10-14(17(13)19)16(18)11-5-3-2-4-6-11/h2-9,14,17,19H,10H2,1H3. The van der Waals surface area contributed by atoms with Crippen molar-refractivity contribution in [2.24, 2.45) is 5.92 Å². The second-order valence-electron chi connectivity index (χ2n) is 5.00. The van der Waals surface area contributed by atoms with Crippen LogP contribution in [0.1, 0.15) is 22.0 Å². The molecule has 0 fully saturated rings. The van der Waals surface area contributed by atoms with Crippen molar-refractivity contribution in [3.8, 4) is 11.5 Å². The lowest BCUT2D eigenvalue weighted by molar-refractivity contribution is 0.0417. The van der Waals surface area contributed by atoms with Gasteiger partial charge >= 0.3 is 0 Å². The van der Waals surface area contributed by atoms with E-state index >= 15 is 0 Å². The number of hydrogen-bond acceptors (Lipinski definition) is 4. The number of hydrogen-bond donors (Lipinski definition) is 1. The average Bonchev–Trinajstić information content (AvgIpc) is 2.55. The molecule has 2 aromatic rings. The molecule has 0 aliphatic carbocycles. The fourth-order valence-corrected chi connectivity index (χ4v) is 2.53. The zero-order valence-corrected chi connectivity index (χ0v) is 11.7. The number of methoxy groups -OCH3 is 1. The van der Waals surface area contributed by atoms with E-state index in [1.807, 2.05) is 18.2 Å². The summed E-state index contributed by atoms with van der Waals surface area (Å²) in [5, 5.41) is 10.5. The maximum absolute atomic E-state index is 12.5. The van der Waals surface area contributed by atoms with E-state index in [9.17, 15) is 9.90 Å². The number of carbonyl (C=O) groups excluding carboxylic acids is 1. The molecular formula is C17H16O4. The van der Waals surface area contributed by atoms with E-state index in [0.717, 1.165) is 0 Å². The molecule has 2 aromatic carbocycles. The van der Waals surface area contributed by atoms with Crippen LogP contribution in [0, 0.1) is 5.92 Å². The highest BCUT2D eigenvalue weighted by Gasteiger charge is 2.35. The summed E-state index contributed by atoms with van der Waals surface area (Å²) in [5.74, 6) is 0.533. The van der Waals surface area contributed by atoms with Gasteiger partial charge in [0, 0.05) is 17.2 Å². The van der Waals surface area contributed by atoms with Crippen molar-refractivity contribution in [1.82, 2.24) is 0 Å². The van der Waals surface area contributed by atoms with Crippen LogP contribution in [0.15, 0.2) is 48.5 Å². The Labute approximate surface area is 122 Å². The van der Waals surface area contributed by atoms with Crippen LogP contribution in [0.2, 0.25) is 0 Å². The predicted octanol–water partition coefficient (Wildman–Crippen LogP) is 2.62. The molecule has 2 unspecified atom stereocenters. The molecule has 0 bridgehead atoms. The normalized spacial score (nSPS) is 20.3. The number of aliphatic hydroxyl groups is 1. The summed E-state index contributed by atoms with van der Waals surface area (Å²) < 4.78 is 10.8. The molecule has 2 atom stereocenters. The third-order valence-electron chi connectivity index (χ3n) is 3.73. The number of rotatable bonds is 3. The number of carbonyl (C=O) groups is 1. The third-order valence-corrected chi connectivity index (χ3v) is 3.73. The Bertz CT molecular complexity index is 651. The summed E-state index contributed by atoms with van der Waals surface area (Å²) >= 11 is 0. The van der Waals surface area contributed by atoms with E-state index in [0.29, 0.717) is 22.6 Å². The van der Waals surface area contributed by atoms with Crippen LogP contribution in [0.5, 0.6) is 11.5 Å². The minimum Gasteiger partial charge on any atom is -0.497 e. The molecule has 4 heteroatoms. The quantitative estimate of drug-likeness (QED) is 0.880. The van der Waals surface area contributed by atoms with Crippen molar-refractivity contribution in [3.05, 3.63) is 59.7 Å². The molecule has 0 saturated heterocycles. The van der Waals surface area contributed by atoms with Crippen molar-refractivity contribution >= 4 is 5.78 Å². The zero-order chi connectivity index (χ0) is 14.8. The molecule has 0 amide bonds. The molecule has 0 spiro atoms. The Morgan fingerprint density at radius 3 is 2.71 bits per heavy atom. The smallest absolute Gasteiger partial charge is 0.172 e. The minimum atomic E-state index is -0.868. The van der Waals surface area contributed by atoms with E-state index < -0.39 is 12.0 Å². The molecule has 21 heavy (non-hydrogen) atoms. The van der Waals surface area contributed by atoms with E-state index in [4.69, 9.17) is 9.47 Å². The second kappa shape index (κ2) is 5.58. The van der Waals surface area contributed by atoms with Crippen molar-refractivity contribution in [3.63, 3.8) is 0 Å². The fraction of sp³-hybridized carbons (Fsp3) is 0.235. The summed E-state index contributed by atoms with van der Waals surface area (Å²) in [6.07, 6.45) is -0.868. The lowest BCUT2D eigenvalue weighted by Crippen LogP contribution is -2.32. The molecule has 1 N–H and O–H groups in total. The van der Waals surface area contributed by atoms with Crippen LogP contribution in [0.25, 0.3) is 0 Å². The summed E-state index contributed by atoms with van der Waals surface area (Å²) in [6, 6.07) is 14.2. The molecule has 0 saturated carbocycles. The SMILES string of the molecule is COc1ccc2c(c1)OCC(C(=O)c1ccccc1)C2O. The van der Waals surface area contributed by atoms with Crippen LogP contribution in [-0.4, -0.2) is 24.6 Å². The van der Waals surface area contributed by atoms with Gasteiger partial charge in [-0.05, 0) is 12.1 Å². The second-order valence-corrected chi connectivity index (χ2v) is 5.00. The van der Waals surface area contributed by atoms with Gasteiger partial charge in [0.2, 0.25) is 0 Å². The van der Waals surface area contributed by atoms with Crippen LogP contribution in [0.4, 0.5) is 0 Å². The minimum absolute atomic E-state index is 0.107. The first-order valence-corrected chi connectivity index (χ1v) is 6.79.